The Bertz CT molecular complexity index is 1320. The van der Waals surface area contributed by atoms with Gasteiger partial charge in [-0.15, -0.1) is 11.3 Å². The number of nitrogens with one attached hydrogen (secondary N) is 2. The molecule has 1 fully saturated rings. The summed E-state index contributed by atoms with van der Waals surface area (Å²) in [5.74, 6) is 0.765. The van der Waals surface area contributed by atoms with E-state index >= 15 is 0 Å². The minimum absolute atomic E-state index is 0.0309. The average Bonchev–Trinajstić information content (AvgIpc) is 3.28. The van der Waals surface area contributed by atoms with E-state index in [1.54, 1.807) is 35.1 Å². The quantitative estimate of drug-likeness (QED) is 0.575. The fourth-order valence-corrected chi connectivity index (χ4v) is 5.14. The Morgan fingerprint density at radius 1 is 1.03 bits per heavy atom. The van der Waals surface area contributed by atoms with Crippen LogP contribution in [0.3, 0.4) is 0 Å². The van der Waals surface area contributed by atoms with Gasteiger partial charge in [0.2, 0.25) is 17.8 Å². The van der Waals surface area contributed by atoms with E-state index in [1.165, 1.54) is 18.3 Å². The van der Waals surface area contributed by atoms with E-state index < -0.39 is 0 Å². The highest BCUT2D eigenvalue weighted by Gasteiger charge is 2.28. The summed E-state index contributed by atoms with van der Waals surface area (Å²) < 4.78 is 5.84. The molecule has 0 bridgehead atoms. The summed E-state index contributed by atoms with van der Waals surface area (Å²) in [7, 11) is 0. The number of rotatable bonds is 4. The Hall–Kier alpha value is -3.99. The molecule has 2 aliphatic rings. The molecular formula is C24H24N6O4S. The standard InChI is InChI=1S/C24H24N6O4S/c1-14(31)26-16-4-3-5-17(10-16)27-24-25-12-19-22(28-24)18-11-20(35-21(18)13-34-19)23(33)30-8-6-29(7-9-30)15(2)32/h3-5,10-12H,6-9,13H2,1-2H3,(H,26,31)(H,25,27,28). The molecule has 35 heavy (non-hydrogen) atoms. The first kappa shape index (κ1) is 22.8. The van der Waals surface area contributed by atoms with Crippen LogP contribution >= 0.6 is 11.3 Å². The number of ether oxygens (including phenoxy) is 1. The van der Waals surface area contributed by atoms with Gasteiger partial charge in [-0.05, 0) is 24.3 Å². The van der Waals surface area contributed by atoms with Crippen LogP contribution in [0.15, 0.2) is 36.5 Å². The molecule has 11 heteroatoms. The summed E-state index contributed by atoms with van der Waals surface area (Å²) in [5.41, 5.74) is 2.87. The predicted molar refractivity (Wildman–Crippen MR) is 132 cm³/mol. The van der Waals surface area contributed by atoms with E-state index in [1.807, 2.05) is 18.2 Å². The molecule has 3 aromatic rings. The highest BCUT2D eigenvalue weighted by Crippen LogP contribution is 2.41. The first-order valence-electron chi connectivity index (χ1n) is 11.2. The third kappa shape index (κ3) is 4.80. The maximum absolute atomic E-state index is 13.1. The number of carbonyl (C=O) groups is 3. The zero-order valence-electron chi connectivity index (χ0n) is 19.3. The number of benzene rings is 1. The minimum Gasteiger partial charge on any atom is -0.484 e. The summed E-state index contributed by atoms with van der Waals surface area (Å²) in [5, 5.41) is 5.91. The maximum Gasteiger partial charge on any atom is 0.264 e. The van der Waals surface area contributed by atoms with E-state index in [4.69, 9.17) is 4.74 Å². The Labute approximate surface area is 205 Å². The Kier molecular flexibility index (Phi) is 6.08. The summed E-state index contributed by atoms with van der Waals surface area (Å²) in [6.07, 6.45) is 1.62. The van der Waals surface area contributed by atoms with Crippen molar-refractivity contribution in [2.45, 2.75) is 20.5 Å². The Morgan fingerprint density at radius 3 is 2.51 bits per heavy atom. The largest absolute Gasteiger partial charge is 0.484 e. The summed E-state index contributed by atoms with van der Waals surface area (Å²) in [6.45, 7) is 5.48. The number of piperazine rings is 1. The van der Waals surface area contributed by atoms with Gasteiger partial charge in [-0.3, -0.25) is 14.4 Å². The fourth-order valence-electron chi connectivity index (χ4n) is 4.10. The fraction of sp³-hybridized carbons (Fsp3) is 0.292. The number of nitrogens with zero attached hydrogens (tertiary/aromatic N) is 4. The number of fused-ring (bicyclic) bond motifs is 3. The topological polar surface area (TPSA) is 117 Å². The van der Waals surface area contributed by atoms with Crippen molar-refractivity contribution in [3.63, 3.8) is 0 Å². The van der Waals surface area contributed by atoms with Crippen molar-refractivity contribution in [2.24, 2.45) is 0 Å². The molecule has 1 saturated heterocycles. The third-order valence-electron chi connectivity index (χ3n) is 5.84. The van der Waals surface area contributed by atoms with Crippen molar-refractivity contribution in [2.75, 3.05) is 36.8 Å². The molecule has 1 aromatic carbocycles. The second-order valence-electron chi connectivity index (χ2n) is 8.33. The Balaban J connectivity index is 1.36. The highest BCUT2D eigenvalue weighted by molar-refractivity contribution is 7.14. The van der Waals surface area contributed by atoms with Crippen molar-refractivity contribution in [3.05, 3.63) is 46.3 Å². The van der Waals surface area contributed by atoms with Crippen LogP contribution in [0.25, 0.3) is 11.3 Å². The van der Waals surface area contributed by atoms with Crippen LogP contribution in [0.5, 0.6) is 5.75 Å². The molecule has 0 radical (unpaired) electrons. The molecule has 2 aromatic heterocycles. The van der Waals surface area contributed by atoms with E-state index in [0.29, 0.717) is 60.7 Å². The van der Waals surface area contributed by atoms with Gasteiger partial charge in [-0.1, -0.05) is 6.07 Å². The van der Waals surface area contributed by atoms with Gasteiger partial charge < -0.3 is 25.2 Å². The number of thiophene rings is 1. The third-order valence-corrected chi connectivity index (χ3v) is 6.94. The van der Waals surface area contributed by atoms with E-state index in [9.17, 15) is 14.4 Å². The minimum atomic E-state index is -0.152. The maximum atomic E-state index is 13.1. The van der Waals surface area contributed by atoms with Crippen LogP contribution in [0.1, 0.15) is 28.4 Å². The molecule has 0 spiro atoms. The van der Waals surface area contributed by atoms with Crippen LogP contribution in [-0.4, -0.2) is 63.7 Å². The summed E-state index contributed by atoms with van der Waals surface area (Å²) in [6, 6.07) is 9.13. The molecular weight excluding hydrogens is 468 g/mol. The monoisotopic (exact) mass is 492 g/mol. The van der Waals surface area contributed by atoms with E-state index in [-0.39, 0.29) is 17.7 Å². The molecule has 0 unspecified atom stereocenters. The van der Waals surface area contributed by atoms with Crippen LogP contribution in [0.2, 0.25) is 0 Å². The van der Waals surface area contributed by atoms with Crippen molar-refractivity contribution >= 4 is 46.4 Å². The number of hydrogen-bond acceptors (Lipinski definition) is 8. The summed E-state index contributed by atoms with van der Waals surface area (Å²) in [4.78, 5) is 50.2. The molecule has 3 amide bonds. The van der Waals surface area contributed by atoms with Gasteiger partial charge in [0, 0.05) is 57.0 Å². The SMILES string of the molecule is CC(=O)Nc1cccc(Nc2ncc3c(n2)-c2cc(C(=O)N4CCN(C(C)=O)CC4)sc2CO3)c1. The lowest BCUT2D eigenvalue weighted by Gasteiger charge is -2.33. The van der Waals surface area contributed by atoms with Crippen LogP contribution in [0.4, 0.5) is 17.3 Å². The lowest BCUT2D eigenvalue weighted by atomic mass is 10.1. The van der Waals surface area contributed by atoms with Gasteiger partial charge >= 0.3 is 0 Å². The molecule has 0 atom stereocenters. The van der Waals surface area contributed by atoms with Crippen molar-refractivity contribution in [1.82, 2.24) is 19.8 Å². The van der Waals surface area contributed by atoms with Gasteiger partial charge in [0.15, 0.2) is 5.75 Å². The number of amides is 3. The highest BCUT2D eigenvalue weighted by atomic mass is 32.1. The number of aromatic nitrogens is 2. The second-order valence-corrected chi connectivity index (χ2v) is 9.46. The smallest absolute Gasteiger partial charge is 0.264 e. The summed E-state index contributed by atoms with van der Waals surface area (Å²) >= 11 is 1.41. The van der Waals surface area contributed by atoms with Crippen molar-refractivity contribution in [3.8, 4) is 17.0 Å². The van der Waals surface area contributed by atoms with E-state index in [2.05, 4.69) is 20.6 Å². The normalized spacial score (nSPS) is 14.5. The molecule has 10 nitrogen and oxygen atoms in total. The predicted octanol–water partition coefficient (Wildman–Crippen LogP) is 3.10. The lowest BCUT2D eigenvalue weighted by molar-refractivity contribution is -0.130. The van der Waals surface area contributed by atoms with Crippen molar-refractivity contribution < 1.29 is 19.1 Å². The van der Waals surface area contributed by atoms with Crippen LogP contribution < -0.4 is 15.4 Å². The van der Waals surface area contributed by atoms with E-state index in [0.717, 1.165) is 16.1 Å². The van der Waals surface area contributed by atoms with Crippen molar-refractivity contribution in [1.29, 1.82) is 0 Å². The van der Waals surface area contributed by atoms with Gasteiger partial charge in [0.1, 0.15) is 12.3 Å². The second kappa shape index (κ2) is 9.34. The Morgan fingerprint density at radius 2 is 1.77 bits per heavy atom. The number of anilines is 3. The lowest BCUT2D eigenvalue weighted by Crippen LogP contribution is -2.49. The van der Waals surface area contributed by atoms with Gasteiger partial charge in [-0.25, -0.2) is 9.97 Å². The molecule has 2 N–H and O–H groups in total. The molecule has 0 aliphatic carbocycles. The van der Waals surface area contributed by atoms with Crippen LogP contribution in [-0.2, 0) is 16.2 Å². The zero-order chi connectivity index (χ0) is 24.5. The molecule has 5 rings (SSSR count). The molecule has 4 heterocycles. The van der Waals surface area contributed by atoms with Gasteiger partial charge in [0.05, 0.1) is 16.0 Å². The van der Waals surface area contributed by atoms with Gasteiger partial charge in [0.25, 0.3) is 5.91 Å². The molecule has 0 saturated carbocycles. The molecule has 2 aliphatic heterocycles. The number of carbonyl (C=O) groups excluding carboxylic acids is 3. The first-order chi connectivity index (χ1) is 16.9. The zero-order valence-corrected chi connectivity index (χ0v) is 20.1. The average molecular weight is 493 g/mol. The van der Waals surface area contributed by atoms with Gasteiger partial charge in [-0.2, -0.15) is 0 Å². The number of hydrogen-bond donors (Lipinski definition) is 2. The first-order valence-corrected chi connectivity index (χ1v) is 12.0. The molecule has 180 valence electrons. The van der Waals surface area contributed by atoms with Crippen LogP contribution in [0, 0.1) is 0 Å².